The van der Waals surface area contributed by atoms with Crippen molar-refractivity contribution in [2.75, 3.05) is 6.61 Å². The highest BCUT2D eigenvalue weighted by molar-refractivity contribution is 6.74. The van der Waals surface area contributed by atoms with Crippen LogP contribution in [0, 0.1) is 5.92 Å². The van der Waals surface area contributed by atoms with E-state index in [9.17, 15) is 0 Å². The minimum atomic E-state index is -1.83. The van der Waals surface area contributed by atoms with Crippen molar-refractivity contribution in [1.82, 2.24) is 0 Å². The zero-order valence-corrected chi connectivity index (χ0v) is 19.9. The first-order valence-corrected chi connectivity index (χ1v) is 14.3. The molecule has 0 radical (unpaired) electrons. The third-order valence-corrected chi connectivity index (χ3v) is 12.3. The Balaban J connectivity index is 1.54. The Morgan fingerprint density at radius 1 is 1.14 bits per heavy atom. The van der Waals surface area contributed by atoms with Crippen LogP contribution in [0.2, 0.25) is 18.1 Å². The fraction of sp³-hybridized carbons (Fsp3) is 0.680. The topological polar surface area (TPSA) is 27.7 Å². The van der Waals surface area contributed by atoms with E-state index in [-0.39, 0.29) is 16.2 Å². The van der Waals surface area contributed by atoms with Crippen molar-refractivity contribution in [3.63, 3.8) is 0 Å². The molecule has 3 aliphatic rings. The zero-order valence-electron chi connectivity index (χ0n) is 18.9. The molecule has 2 fully saturated rings. The van der Waals surface area contributed by atoms with Crippen molar-refractivity contribution < 1.29 is 13.9 Å². The second-order valence-corrected chi connectivity index (χ2v) is 15.8. The molecule has 1 spiro atoms. The van der Waals surface area contributed by atoms with Crippen LogP contribution in [0.25, 0.3) is 0 Å². The summed E-state index contributed by atoms with van der Waals surface area (Å²) >= 11 is 0. The van der Waals surface area contributed by atoms with Crippen molar-refractivity contribution in [2.24, 2.45) is 5.92 Å². The summed E-state index contributed by atoms with van der Waals surface area (Å²) in [5.41, 5.74) is 0.876. The fourth-order valence-electron chi connectivity index (χ4n) is 5.06. The lowest BCUT2D eigenvalue weighted by Crippen LogP contribution is -2.48. The zero-order chi connectivity index (χ0) is 20.8. The summed E-state index contributed by atoms with van der Waals surface area (Å²) in [5, 5.41) is 0.206. The number of hydrogen-bond donors (Lipinski definition) is 0. The largest absolute Gasteiger partial charge is 0.493 e. The molecule has 29 heavy (non-hydrogen) atoms. The lowest BCUT2D eigenvalue weighted by atomic mass is 9.73. The molecule has 2 bridgehead atoms. The molecule has 0 N–H and O–H groups in total. The third-order valence-electron chi connectivity index (χ3n) is 7.79. The summed E-state index contributed by atoms with van der Waals surface area (Å²) in [5.74, 6) is 1.75. The van der Waals surface area contributed by atoms with Crippen LogP contribution >= 0.6 is 0 Å². The van der Waals surface area contributed by atoms with Gasteiger partial charge in [-0.3, -0.25) is 0 Å². The minimum absolute atomic E-state index is 0.0319. The van der Waals surface area contributed by atoms with Gasteiger partial charge in [-0.25, -0.2) is 0 Å². The van der Waals surface area contributed by atoms with Gasteiger partial charge in [-0.15, -0.1) is 0 Å². The molecule has 3 nitrogen and oxygen atoms in total. The van der Waals surface area contributed by atoms with Crippen LogP contribution in [0.5, 0.6) is 0 Å². The molecule has 0 aromatic heterocycles. The van der Waals surface area contributed by atoms with E-state index in [2.05, 4.69) is 70.3 Å². The Kier molecular flexibility index (Phi) is 5.50. The van der Waals surface area contributed by atoms with E-state index < -0.39 is 8.32 Å². The van der Waals surface area contributed by atoms with Crippen LogP contribution in [-0.4, -0.2) is 26.1 Å². The molecule has 4 heteroatoms. The van der Waals surface area contributed by atoms with Gasteiger partial charge in [0.2, 0.25) is 0 Å². The molecule has 0 amide bonds. The molecule has 3 atom stereocenters. The Morgan fingerprint density at radius 2 is 1.90 bits per heavy atom. The second-order valence-electron chi connectivity index (χ2n) is 11.0. The van der Waals surface area contributed by atoms with Crippen LogP contribution in [0.4, 0.5) is 0 Å². The first kappa shape index (κ1) is 21.1. The third kappa shape index (κ3) is 4.21. The molecule has 2 heterocycles. The maximum absolute atomic E-state index is 6.91. The summed E-state index contributed by atoms with van der Waals surface area (Å²) in [6.45, 7) is 12.9. The van der Waals surface area contributed by atoms with Crippen LogP contribution < -0.4 is 0 Å². The van der Waals surface area contributed by atoms with Crippen molar-refractivity contribution in [3.05, 3.63) is 47.7 Å². The summed E-state index contributed by atoms with van der Waals surface area (Å²) < 4.78 is 19.9. The maximum atomic E-state index is 6.91. The number of benzene rings is 1. The monoisotopic (exact) mass is 414 g/mol. The van der Waals surface area contributed by atoms with E-state index in [0.717, 1.165) is 25.0 Å². The van der Waals surface area contributed by atoms with Gasteiger partial charge in [-0.2, -0.15) is 0 Å². The Labute approximate surface area is 178 Å². The highest BCUT2D eigenvalue weighted by Crippen LogP contribution is 2.57. The average molecular weight is 415 g/mol. The lowest BCUT2D eigenvalue weighted by molar-refractivity contribution is -0.136. The average Bonchev–Trinajstić information content (AvgIpc) is 2.91. The van der Waals surface area contributed by atoms with Gasteiger partial charge in [0, 0.05) is 6.42 Å². The molecule has 3 unspecified atom stereocenters. The quantitative estimate of drug-likeness (QED) is 0.491. The van der Waals surface area contributed by atoms with Gasteiger partial charge in [0.25, 0.3) is 0 Å². The SMILES string of the molecule is CC(C)(C)[Si](C)(C)OCC12C=C(OCc3ccccc3)CC3(CCCCC3C1)O2. The number of rotatable bonds is 6. The molecular weight excluding hydrogens is 376 g/mol. The molecule has 4 rings (SSSR count). The molecule has 1 aromatic rings. The second kappa shape index (κ2) is 7.54. The van der Waals surface area contributed by atoms with Gasteiger partial charge in [0.05, 0.1) is 18.0 Å². The molecule has 160 valence electrons. The predicted molar refractivity (Wildman–Crippen MR) is 120 cm³/mol. The summed E-state index contributed by atoms with van der Waals surface area (Å²) in [6.07, 6.45) is 9.32. The van der Waals surface area contributed by atoms with E-state index in [0.29, 0.717) is 19.1 Å². The number of ether oxygens (including phenoxy) is 2. The van der Waals surface area contributed by atoms with Crippen molar-refractivity contribution in [1.29, 1.82) is 0 Å². The smallest absolute Gasteiger partial charge is 0.192 e. The Hall–Kier alpha value is -1.10. The van der Waals surface area contributed by atoms with E-state index in [1.807, 2.05) is 0 Å². The van der Waals surface area contributed by atoms with Crippen molar-refractivity contribution in [2.45, 2.75) is 95.2 Å². The number of hydrogen-bond acceptors (Lipinski definition) is 3. The summed E-state index contributed by atoms with van der Waals surface area (Å²) in [6, 6.07) is 10.5. The van der Waals surface area contributed by atoms with Crippen LogP contribution in [0.15, 0.2) is 42.2 Å². The molecule has 1 saturated heterocycles. The van der Waals surface area contributed by atoms with Gasteiger partial charge in [-0.05, 0) is 55.0 Å². The van der Waals surface area contributed by atoms with Crippen molar-refractivity contribution in [3.8, 4) is 0 Å². The van der Waals surface area contributed by atoms with Gasteiger partial charge in [0.15, 0.2) is 8.32 Å². The van der Waals surface area contributed by atoms with Crippen molar-refractivity contribution >= 4 is 8.32 Å². The maximum Gasteiger partial charge on any atom is 0.192 e. The number of fused-ring (bicyclic) bond motifs is 1. The van der Waals surface area contributed by atoms with Crippen LogP contribution in [0.1, 0.15) is 64.9 Å². The molecule has 1 aromatic carbocycles. The Morgan fingerprint density at radius 3 is 2.62 bits per heavy atom. The van der Waals surface area contributed by atoms with Crippen LogP contribution in [-0.2, 0) is 20.5 Å². The van der Waals surface area contributed by atoms with E-state index in [1.165, 1.54) is 24.8 Å². The predicted octanol–water partition coefficient (Wildman–Crippen LogP) is 6.60. The first-order chi connectivity index (χ1) is 13.6. The standard InChI is InChI=1S/C25H38O3Si/c1-23(2,3)29(4,5)27-19-24-15-21-13-9-10-14-25(21,28-24)17-22(16-24)26-18-20-11-7-6-8-12-20/h6-8,11-12,16,21H,9-10,13-15,17-19H2,1-5H3. The highest BCUT2D eigenvalue weighted by Gasteiger charge is 2.59. The van der Waals surface area contributed by atoms with Gasteiger partial charge < -0.3 is 13.9 Å². The molecule has 1 saturated carbocycles. The normalized spacial score (nSPS) is 31.9. The van der Waals surface area contributed by atoms with E-state index >= 15 is 0 Å². The fourth-order valence-corrected chi connectivity index (χ4v) is 6.09. The molecule has 1 aliphatic carbocycles. The van der Waals surface area contributed by atoms with Gasteiger partial charge >= 0.3 is 0 Å². The summed E-state index contributed by atoms with van der Waals surface area (Å²) in [4.78, 5) is 0. The minimum Gasteiger partial charge on any atom is -0.493 e. The highest BCUT2D eigenvalue weighted by atomic mass is 28.4. The van der Waals surface area contributed by atoms with E-state index in [1.54, 1.807) is 0 Å². The Bertz CT molecular complexity index is 751. The summed E-state index contributed by atoms with van der Waals surface area (Å²) in [7, 11) is -1.83. The van der Waals surface area contributed by atoms with Gasteiger partial charge in [0.1, 0.15) is 12.2 Å². The molecular formula is C25H38O3Si. The van der Waals surface area contributed by atoms with Gasteiger partial charge in [-0.1, -0.05) is 63.9 Å². The molecule has 2 aliphatic heterocycles. The lowest BCUT2D eigenvalue weighted by Gasteiger charge is -2.44. The van der Waals surface area contributed by atoms with E-state index in [4.69, 9.17) is 13.9 Å². The van der Waals surface area contributed by atoms with Crippen LogP contribution in [0.3, 0.4) is 0 Å². The first-order valence-electron chi connectivity index (χ1n) is 11.4.